The van der Waals surface area contributed by atoms with Crippen LogP contribution in [0.4, 0.5) is 0 Å². The molecule has 0 aliphatic carbocycles. The summed E-state index contributed by atoms with van der Waals surface area (Å²) in [6, 6.07) is 0. The minimum Gasteiger partial charge on any atom is -0.158 e. The quantitative estimate of drug-likeness (QED) is 0.615. The third kappa shape index (κ3) is 2.40. The van der Waals surface area contributed by atoms with Crippen LogP contribution in [0.3, 0.4) is 0 Å². The number of rotatable bonds is 2. The van der Waals surface area contributed by atoms with E-state index >= 15 is 0 Å². The largest absolute Gasteiger partial charge is 0.158 e. The van der Waals surface area contributed by atoms with Crippen LogP contribution >= 0.6 is 11.8 Å². The molecule has 0 N–H and O–H groups in total. The van der Waals surface area contributed by atoms with Gasteiger partial charge in [-0.15, -0.1) is 0 Å². The Morgan fingerprint density at radius 1 is 1.09 bits per heavy atom. The van der Waals surface area contributed by atoms with Crippen LogP contribution in [-0.2, 0) is 0 Å². The van der Waals surface area contributed by atoms with Crippen LogP contribution in [-0.4, -0.2) is 11.0 Å². The molecule has 66 valence electrons. The van der Waals surface area contributed by atoms with E-state index in [1.165, 1.54) is 12.2 Å². The van der Waals surface area contributed by atoms with Crippen molar-refractivity contribution in [2.45, 2.75) is 39.4 Å². The second-order valence-electron chi connectivity index (χ2n) is 4.36. The first-order valence-electron chi connectivity index (χ1n) is 4.73. The Labute approximate surface area is 75.1 Å². The Morgan fingerprint density at radius 3 is 2.00 bits per heavy atom. The van der Waals surface area contributed by atoms with Gasteiger partial charge in [0.25, 0.3) is 0 Å². The van der Waals surface area contributed by atoms with Gasteiger partial charge < -0.3 is 0 Å². The molecular weight excluding hydrogens is 152 g/mol. The first-order chi connectivity index (χ1) is 5.11. The van der Waals surface area contributed by atoms with Gasteiger partial charge in [-0.25, -0.2) is 0 Å². The summed E-state index contributed by atoms with van der Waals surface area (Å²) < 4.78 is 0. The molecule has 0 saturated carbocycles. The molecule has 11 heavy (non-hydrogen) atoms. The minimum atomic E-state index is 0.878. The normalized spacial score (nSPS) is 32.2. The molecule has 0 aromatic carbocycles. The Bertz CT molecular complexity index is 104. The van der Waals surface area contributed by atoms with E-state index in [-0.39, 0.29) is 0 Å². The molecule has 0 radical (unpaired) electrons. The van der Waals surface area contributed by atoms with Gasteiger partial charge in [0, 0.05) is 5.25 Å². The highest BCUT2D eigenvalue weighted by molar-refractivity contribution is 8.00. The molecule has 0 bridgehead atoms. The van der Waals surface area contributed by atoms with E-state index in [9.17, 15) is 0 Å². The van der Waals surface area contributed by atoms with E-state index < -0.39 is 0 Å². The highest BCUT2D eigenvalue weighted by atomic mass is 32.2. The minimum absolute atomic E-state index is 0.878. The molecule has 0 aromatic heterocycles. The summed E-state index contributed by atoms with van der Waals surface area (Å²) in [4.78, 5) is 0. The summed E-state index contributed by atoms with van der Waals surface area (Å²) >= 11 is 2.19. The monoisotopic (exact) mass is 172 g/mol. The summed E-state index contributed by atoms with van der Waals surface area (Å²) in [5, 5.41) is 0.947. The van der Waals surface area contributed by atoms with E-state index in [2.05, 4.69) is 39.5 Å². The fraction of sp³-hybridized carbons (Fsp3) is 1.00. The summed E-state index contributed by atoms with van der Waals surface area (Å²) in [7, 11) is 0. The molecule has 1 heterocycles. The zero-order valence-electron chi connectivity index (χ0n) is 8.13. The van der Waals surface area contributed by atoms with Crippen LogP contribution in [0, 0.1) is 17.8 Å². The Morgan fingerprint density at radius 2 is 1.73 bits per heavy atom. The molecule has 1 aliphatic rings. The van der Waals surface area contributed by atoms with Crippen LogP contribution in [0.25, 0.3) is 0 Å². The zero-order chi connectivity index (χ0) is 8.43. The smallest absolute Gasteiger partial charge is 0.00731 e. The van der Waals surface area contributed by atoms with Gasteiger partial charge in [0.05, 0.1) is 0 Å². The third-order valence-electron chi connectivity index (χ3n) is 2.75. The summed E-state index contributed by atoms with van der Waals surface area (Å²) in [5.41, 5.74) is 0. The molecule has 0 nitrogen and oxygen atoms in total. The summed E-state index contributed by atoms with van der Waals surface area (Å²) in [5.74, 6) is 4.17. The molecule has 2 unspecified atom stereocenters. The van der Waals surface area contributed by atoms with Crippen molar-refractivity contribution in [1.82, 2.24) is 0 Å². The Hall–Kier alpha value is 0.350. The van der Waals surface area contributed by atoms with Crippen molar-refractivity contribution >= 4 is 11.8 Å². The third-order valence-corrected chi connectivity index (χ3v) is 4.53. The molecule has 0 amide bonds. The molecular formula is C10H20S. The van der Waals surface area contributed by atoms with Crippen molar-refractivity contribution < 1.29 is 0 Å². The van der Waals surface area contributed by atoms with Crippen LogP contribution in [0.5, 0.6) is 0 Å². The summed E-state index contributed by atoms with van der Waals surface area (Å²) in [6.07, 6.45) is 1.46. The maximum Gasteiger partial charge on any atom is 0.00731 e. The topological polar surface area (TPSA) is 0 Å². The number of thioether (sulfide) groups is 1. The molecule has 0 aromatic rings. The molecule has 1 rings (SSSR count). The Balaban J connectivity index is 2.35. The SMILES string of the molecule is CC(C)C1CSC(C(C)C)C1. The fourth-order valence-corrected chi connectivity index (χ4v) is 3.39. The lowest BCUT2D eigenvalue weighted by atomic mass is 9.91. The van der Waals surface area contributed by atoms with Crippen LogP contribution in [0.2, 0.25) is 0 Å². The van der Waals surface area contributed by atoms with Crippen LogP contribution < -0.4 is 0 Å². The van der Waals surface area contributed by atoms with Crippen molar-refractivity contribution in [3.8, 4) is 0 Å². The van der Waals surface area contributed by atoms with Crippen molar-refractivity contribution in [1.29, 1.82) is 0 Å². The van der Waals surface area contributed by atoms with Crippen molar-refractivity contribution in [3.63, 3.8) is 0 Å². The summed E-state index contributed by atoms with van der Waals surface area (Å²) in [6.45, 7) is 9.41. The number of hydrogen-bond acceptors (Lipinski definition) is 1. The zero-order valence-corrected chi connectivity index (χ0v) is 8.95. The van der Waals surface area contributed by atoms with E-state index in [1.54, 1.807) is 0 Å². The molecule has 1 heteroatoms. The van der Waals surface area contributed by atoms with Crippen molar-refractivity contribution in [2.24, 2.45) is 17.8 Å². The van der Waals surface area contributed by atoms with E-state index in [1.807, 2.05) is 0 Å². The van der Waals surface area contributed by atoms with Crippen molar-refractivity contribution in [2.75, 3.05) is 5.75 Å². The molecule has 1 aliphatic heterocycles. The lowest BCUT2D eigenvalue weighted by molar-refractivity contribution is 0.391. The average molecular weight is 172 g/mol. The first kappa shape index (κ1) is 9.44. The van der Waals surface area contributed by atoms with E-state index in [4.69, 9.17) is 0 Å². The standard InChI is InChI=1S/C10H20S/c1-7(2)9-5-10(8(3)4)11-6-9/h7-10H,5-6H2,1-4H3. The van der Waals surface area contributed by atoms with Gasteiger partial charge in [-0.1, -0.05) is 27.7 Å². The molecule has 1 fully saturated rings. The van der Waals surface area contributed by atoms with Gasteiger partial charge in [0.1, 0.15) is 0 Å². The second kappa shape index (κ2) is 3.84. The number of hydrogen-bond donors (Lipinski definition) is 0. The van der Waals surface area contributed by atoms with E-state index in [0.717, 1.165) is 23.0 Å². The molecule has 0 spiro atoms. The predicted molar refractivity (Wildman–Crippen MR) is 54.0 cm³/mol. The van der Waals surface area contributed by atoms with E-state index in [0.29, 0.717) is 0 Å². The van der Waals surface area contributed by atoms with Gasteiger partial charge in [-0.05, 0) is 29.9 Å². The molecule has 1 saturated heterocycles. The Kier molecular flexibility index (Phi) is 3.29. The van der Waals surface area contributed by atoms with Crippen molar-refractivity contribution in [3.05, 3.63) is 0 Å². The molecule has 2 atom stereocenters. The second-order valence-corrected chi connectivity index (χ2v) is 5.63. The first-order valence-corrected chi connectivity index (χ1v) is 5.77. The van der Waals surface area contributed by atoms with Crippen LogP contribution in [0.15, 0.2) is 0 Å². The van der Waals surface area contributed by atoms with Gasteiger partial charge in [-0.2, -0.15) is 11.8 Å². The lowest BCUT2D eigenvalue weighted by Gasteiger charge is -2.15. The van der Waals surface area contributed by atoms with Gasteiger partial charge in [0.2, 0.25) is 0 Å². The predicted octanol–water partition coefficient (Wildman–Crippen LogP) is 3.42. The average Bonchev–Trinajstić information content (AvgIpc) is 2.33. The lowest BCUT2D eigenvalue weighted by Crippen LogP contribution is -2.11. The van der Waals surface area contributed by atoms with Gasteiger partial charge >= 0.3 is 0 Å². The highest BCUT2D eigenvalue weighted by Gasteiger charge is 2.28. The maximum absolute atomic E-state index is 2.36. The highest BCUT2D eigenvalue weighted by Crippen LogP contribution is 2.38. The van der Waals surface area contributed by atoms with Crippen LogP contribution in [0.1, 0.15) is 34.1 Å². The van der Waals surface area contributed by atoms with Gasteiger partial charge in [-0.3, -0.25) is 0 Å². The fourth-order valence-electron chi connectivity index (χ4n) is 1.61. The van der Waals surface area contributed by atoms with Gasteiger partial charge in [0.15, 0.2) is 0 Å². The maximum atomic E-state index is 2.36.